The molecule has 1 rings (SSSR count). The molecule has 9 heavy (non-hydrogen) atoms. The number of nitrogens with zero attached hydrogens (tertiary/aromatic N) is 1. The summed E-state index contributed by atoms with van der Waals surface area (Å²) in [5.41, 5.74) is 0. The maximum absolute atomic E-state index is 12.3. The predicted octanol–water partition coefficient (Wildman–Crippen LogP) is 0.998. The minimum Gasteiger partial charge on any atom is -0.298 e. The largest absolute Gasteiger partial charge is 0.298 e. The second-order valence-electron chi connectivity index (χ2n) is 2.38. The van der Waals surface area contributed by atoms with Crippen molar-refractivity contribution in [3.8, 4) is 0 Å². The van der Waals surface area contributed by atoms with Gasteiger partial charge in [0.25, 0.3) is 0 Å². The molecule has 3 heteroatoms. The van der Waals surface area contributed by atoms with E-state index in [1.54, 1.807) is 4.90 Å². The van der Waals surface area contributed by atoms with Crippen molar-refractivity contribution < 1.29 is 8.78 Å². The van der Waals surface area contributed by atoms with Crippen LogP contribution < -0.4 is 0 Å². The van der Waals surface area contributed by atoms with Gasteiger partial charge in [-0.15, -0.1) is 0 Å². The molecule has 0 aromatic carbocycles. The van der Waals surface area contributed by atoms with Gasteiger partial charge < -0.3 is 0 Å². The van der Waals surface area contributed by atoms with Gasteiger partial charge in [0, 0.05) is 13.1 Å². The van der Waals surface area contributed by atoms with Gasteiger partial charge in [-0.1, -0.05) is 6.92 Å². The molecule has 0 N–H and O–H groups in total. The lowest BCUT2D eigenvalue weighted by Crippen LogP contribution is -2.20. The fourth-order valence-corrected chi connectivity index (χ4v) is 1.05. The summed E-state index contributed by atoms with van der Waals surface area (Å²) < 4.78 is 24.7. The highest BCUT2D eigenvalue weighted by Crippen LogP contribution is 2.15. The molecule has 1 aliphatic rings. The van der Waals surface area contributed by atoms with Gasteiger partial charge >= 0.3 is 0 Å². The highest BCUT2D eigenvalue weighted by molar-refractivity contribution is 4.82. The zero-order valence-corrected chi connectivity index (χ0v) is 5.48. The summed E-state index contributed by atoms with van der Waals surface area (Å²) in [7, 11) is 0. The Morgan fingerprint density at radius 1 is 1.33 bits per heavy atom. The number of halogens is 2. The molecule has 0 radical (unpaired) electrons. The molecule has 0 aromatic heterocycles. The second-order valence-corrected chi connectivity index (χ2v) is 2.38. The van der Waals surface area contributed by atoms with Crippen LogP contribution in [0.4, 0.5) is 8.78 Å². The molecule has 2 unspecified atom stereocenters. The summed E-state index contributed by atoms with van der Waals surface area (Å²) in [6, 6.07) is 0. The molecule has 0 spiro atoms. The first kappa shape index (κ1) is 6.93. The van der Waals surface area contributed by atoms with Gasteiger partial charge in [-0.25, -0.2) is 8.78 Å². The average molecular weight is 135 g/mol. The van der Waals surface area contributed by atoms with Crippen LogP contribution in [0.25, 0.3) is 0 Å². The molecule has 1 aliphatic heterocycles. The normalized spacial score (nSPS) is 37.7. The van der Waals surface area contributed by atoms with Crippen molar-refractivity contribution in [3.63, 3.8) is 0 Å². The first-order chi connectivity index (χ1) is 4.24. The predicted molar refractivity (Wildman–Crippen MR) is 31.9 cm³/mol. The molecule has 0 amide bonds. The van der Waals surface area contributed by atoms with E-state index in [-0.39, 0.29) is 13.1 Å². The smallest absolute Gasteiger partial charge is 0.145 e. The van der Waals surface area contributed by atoms with E-state index < -0.39 is 12.3 Å². The first-order valence-electron chi connectivity index (χ1n) is 3.24. The molecule has 1 heterocycles. The minimum absolute atomic E-state index is 0.275. The van der Waals surface area contributed by atoms with E-state index >= 15 is 0 Å². The highest BCUT2D eigenvalue weighted by Gasteiger charge is 2.31. The van der Waals surface area contributed by atoms with Crippen LogP contribution in [0, 0.1) is 0 Å². The van der Waals surface area contributed by atoms with Crippen molar-refractivity contribution in [3.05, 3.63) is 0 Å². The van der Waals surface area contributed by atoms with E-state index in [2.05, 4.69) is 0 Å². The monoisotopic (exact) mass is 135 g/mol. The molecule has 2 atom stereocenters. The van der Waals surface area contributed by atoms with Crippen molar-refractivity contribution >= 4 is 0 Å². The fraction of sp³-hybridized carbons (Fsp3) is 1.00. The average Bonchev–Trinajstić information content (AvgIpc) is 2.13. The quantitative estimate of drug-likeness (QED) is 0.518. The Morgan fingerprint density at radius 3 is 2.00 bits per heavy atom. The number of hydrogen-bond acceptors (Lipinski definition) is 1. The van der Waals surface area contributed by atoms with Gasteiger partial charge in [-0.2, -0.15) is 0 Å². The Labute approximate surface area is 53.6 Å². The topological polar surface area (TPSA) is 3.24 Å². The van der Waals surface area contributed by atoms with Crippen LogP contribution in [0.3, 0.4) is 0 Å². The van der Waals surface area contributed by atoms with Crippen LogP contribution in [0.5, 0.6) is 0 Å². The van der Waals surface area contributed by atoms with Gasteiger partial charge in [0.05, 0.1) is 0 Å². The molecule has 0 saturated carbocycles. The van der Waals surface area contributed by atoms with Crippen molar-refractivity contribution in [2.45, 2.75) is 19.3 Å². The van der Waals surface area contributed by atoms with Crippen LogP contribution in [0.2, 0.25) is 0 Å². The van der Waals surface area contributed by atoms with E-state index in [9.17, 15) is 8.78 Å². The van der Waals surface area contributed by atoms with Gasteiger partial charge in [0.2, 0.25) is 0 Å². The molecule has 0 aromatic rings. The molecular weight excluding hydrogens is 124 g/mol. The molecule has 1 saturated heterocycles. The third-order valence-electron chi connectivity index (χ3n) is 1.70. The fourth-order valence-electron chi connectivity index (χ4n) is 1.05. The maximum Gasteiger partial charge on any atom is 0.145 e. The van der Waals surface area contributed by atoms with E-state index in [1.165, 1.54) is 0 Å². The lowest BCUT2D eigenvalue weighted by Gasteiger charge is -2.08. The molecular formula is C6H11F2N. The zero-order valence-electron chi connectivity index (χ0n) is 5.48. The molecule has 54 valence electrons. The summed E-state index contributed by atoms with van der Waals surface area (Å²) in [6.45, 7) is 3.21. The Bertz CT molecular complexity index is 87.1. The third kappa shape index (κ3) is 1.39. The third-order valence-corrected chi connectivity index (χ3v) is 1.70. The number of alkyl halides is 2. The molecule has 1 fully saturated rings. The minimum atomic E-state index is -1.25. The number of hydrogen-bond donors (Lipinski definition) is 0. The van der Waals surface area contributed by atoms with Gasteiger partial charge in [-0.05, 0) is 6.54 Å². The van der Waals surface area contributed by atoms with Crippen LogP contribution >= 0.6 is 0 Å². The summed E-state index contributed by atoms with van der Waals surface area (Å²) in [5.74, 6) is 0. The van der Waals surface area contributed by atoms with Crippen molar-refractivity contribution in [2.75, 3.05) is 19.6 Å². The molecule has 0 aliphatic carbocycles. The van der Waals surface area contributed by atoms with E-state index in [1.807, 2.05) is 6.92 Å². The van der Waals surface area contributed by atoms with E-state index in [4.69, 9.17) is 0 Å². The summed E-state index contributed by atoms with van der Waals surface area (Å²) >= 11 is 0. The Morgan fingerprint density at radius 2 is 1.78 bits per heavy atom. The summed E-state index contributed by atoms with van der Waals surface area (Å²) in [4.78, 5) is 1.77. The van der Waals surface area contributed by atoms with Gasteiger partial charge in [0.1, 0.15) is 12.3 Å². The van der Waals surface area contributed by atoms with Gasteiger partial charge in [-0.3, -0.25) is 4.90 Å². The Kier molecular flexibility index (Phi) is 2.01. The van der Waals surface area contributed by atoms with E-state index in [0.29, 0.717) is 0 Å². The first-order valence-corrected chi connectivity index (χ1v) is 3.24. The van der Waals surface area contributed by atoms with Crippen LogP contribution in [-0.2, 0) is 0 Å². The molecule has 1 nitrogen and oxygen atoms in total. The van der Waals surface area contributed by atoms with Crippen molar-refractivity contribution in [1.29, 1.82) is 0 Å². The molecule has 0 bridgehead atoms. The standard InChI is InChI=1S/C6H11F2N/c1-2-9-3-5(7)6(8)4-9/h5-6H,2-4H2,1H3. The highest BCUT2D eigenvalue weighted by atomic mass is 19.2. The van der Waals surface area contributed by atoms with Crippen LogP contribution in [0.15, 0.2) is 0 Å². The summed E-state index contributed by atoms with van der Waals surface area (Å²) in [6.07, 6.45) is -2.49. The Hall–Kier alpha value is -0.180. The number of rotatable bonds is 1. The van der Waals surface area contributed by atoms with E-state index in [0.717, 1.165) is 6.54 Å². The maximum atomic E-state index is 12.3. The SMILES string of the molecule is CCN1CC(F)C(F)C1. The van der Waals surface area contributed by atoms with Crippen molar-refractivity contribution in [1.82, 2.24) is 4.90 Å². The lowest BCUT2D eigenvalue weighted by molar-refractivity contribution is 0.217. The Balaban J connectivity index is 2.35. The van der Waals surface area contributed by atoms with Crippen LogP contribution in [-0.4, -0.2) is 36.9 Å². The second kappa shape index (κ2) is 2.60. The lowest BCUT2D eigenvalue weighted by atomic mass is 10.3. The van der Waals surface area contributed by atoms with Gasteiger partial charge in [0.15, 0.2) is 0 Å². The van der Waals surface area contributed by atoms with Crippen LogP contribution in [0.1, 0.15) is 6.92 Å². The van der Waals surface area contributed by atoms with Crippen molar-refractivity contribution in [2.24, 2.45) is 0 Å². The number of likely N-dealkylation sites (tertiary alicyclic amines) is 1. The zero-order chi connectivity index (χ0) is 6.85. The summed E-state index contributed by atoms with van der Waals surface area (Å²) in [5, 5.41) is 0.